The van der Waals surface area contributed by atoms with Crippen LogP contribution in [0.2, 0.25) is 0 Å². The lowest BCUT2D eigenvalue weighted by atomic mass is 10.0. The minimum absolute atomic E-state index is 0. The molecule has 1 aliphatic heterocycles. The predicted octanol–water partition coefficient (Wildman–Crippen LogP) is 4.05. The maximum absolute atomic E-state index is 11.8. The van der Waals surface area contributed by atoms with Crippen LogP contribution in [0.4, 0.5) is 0 Å². The summed E-state index contributed by atoms with van der Waals surface area (Å²) < 4.78 is 0. The molecule has 1 aromatic rings. The highest BCUT2D eigenvalue weighted by atomic mass is 127. The molecule has 1 fully saturated rings. The largest absolute Gasteiger partial charge is 0.370 e. The van der Waals surface area contributed by atoms with Gasteiger partial charge in [0.25, 0.3) is 0 Å². The van der Waals surface area contributed by atoms with Crippen LogP contribution in [0.5, 0.6) is 0 Å². The molecule has 5 nitrogen and oxygen atoms in total. The smallest absolute Gasteiger partial charge is 0.222 e. The van der Waals surface area contributed by atoms with Crippen LogP contribution in [0, 0.1) is 5.92 Å². The van der Waals surface area contributed by atoms with E-state index >= 15 is 0 Å². The summed E-state index contributed by atoms with van der Waals surface area (Å²) >= 11 is 0. The lowest BCUT2D eigenvalue weighted by Crippen LogP contribution is -2.38. The van der Waals surface area contributed by atoms with Gasteiger partial charge in [-0.1, -0.05) is 51.0 Å². The fourth-order valence-corrected chi connectivity index (χ4v) is 3.30. The fraction of sp³-hybridized carbons (Fsp3) is 0.619. The number of nitrogens with one attached hydrogen (secondary N) is 1. The number of guanidine groups is 1. The standard InChI is InChI=1S/C21H34N4O.HI/c1-16(2)7-4-8-17(3)24-21(22)23-14-18-9-5-10-19(13-18)15-25-12-6-11-20(25)26;/h5,9-10,13,16-17H,4,6-8,11-12,14-15H2,1-3H3,(H3,22,23,24);1H. The number of hydrogen-bond acceptors (Lipinski definition) is 2. The van der Waals surface area contributed by atoms with Crippen molar-refractivity contribution in [1.82, 2.24) is 10.2 Å². The summed E-state index contributed by atoms with van der Waals surface area (Å²) in [6.07, 6.45) is 5.21. The lowest BCUT2D eigenvalue weighted by Gasteiger charge is -2.16. The molecule has 0 aromatic heterocycles. The number of carbonyl (C=O) groups excluding carboxylic acids is 1. The van der Waals surface area contributed by atoms with E-state index in [0.717, 1.165) is 36.4 Å². The van der Waals surface area contributed by atoms with E-state index in [9.17, 15) is 4.79 Å². The van der Waals surface area contributed by atoms with Gasteiger partial charge in [0.05, 0.1) is 6.54 Å². The van der Waals surface area contributed by atoms with Gasteiger partial charge in [0.1, 0.15) is 0 Å². The third-order valence-electron chi connectivity index (χ3n) is 4.78. The fourth-order valence-electron chi connectivity index (χ4n) is 3.30. The van der Waals surface area contributed by atoms with E-state index in [1.165, 1.54) is 12.8 Å². The average Bonchev–Trinajstić information content (AvgIpc) is 2.98. The van der Waals surface area contributed by atoms with Crippen molar-refractivity contribution in [3.8, 4) is 0 Å². The molecule has 0 radical (unpaired) electrons. The minimum atomic E-state index is 0. The summed E-state index contributed by atoms with van der Waals surface area (Å²) in [6, 6.07) is 8.60. The second-order valence-corrected chi connectivity index (χ2v) is 7.81. The average molecular weight is 486 g/mol. The van der Waals surface area contributed by atoms with Crippen molar-refractivity contribution in [3.63, 3.8) is 0 Å². The number of benzene rings is 1. The Kier molecular flexibility index (Phi) is 10.7. The predicted molar refractivity (Wildman–Crippen MR) is 123 cm³/mol. The maximum atomic E-state index is 11.8. The molecule has 0 bridgehead atoms. The summed E-state index contributed by atoms with van der Waals surface area (Å²) in [4.78, 5) is 18.2. The van der Waals surface area contributed by atoms with Crippen LogP contribution in [0.1, 0.15) is 64.0 Å². The zero-order chi connectivity index (χ0) is 18.9. The zero-order valence-corrected chi connectivity index (χ0v) is 19.2. The molecule has 152 valence electrons. The van der Waals surface area contributed by atoms with Gasteiger partial charge in [-0.2, -0.15) is 0 Å². The van der Waals surface area contributed by atoms with E-state index in [2.05, 4.69) is 49.3 Å². The molecule has 1 heterocycles. The number of amides is 1. The van der Waals surface area contributed by atoms with Crippen LogP contribution in [0.15, 0.2) is 29.3 Å². The van der Waals surface area contributed by atoms with Crippen molar-refractivity contribution in [3.05, 3.63) is 35.4 Å². The highest BCUT2D eigenvalue weighted by Gasteiger charge is 2.19. The molecular weight excluding hydrogens is 451 g/mol. The summed E-state index contributed by atoms with van der Waals surface area (Å²) in [5.74, 6) is 1.51. The second kappa shape index (κ2) is 12.2. The van der Waals surface area contributed by atoms with E-state index in [4.69, 9.17) is 5.73 Å². The minimum Gasteiger partial charge on any atom is -0.370 e. The quantitative estimate of drug-likeness (QED) is 0.315. The normalized spacial score (nSPS) is 15.8. The molecule has 0 spiro atoms. The zero-order valence-electron chi connectivity index (χ0n) is 16.9. The number of likely N-dealkylation sites (tertiary alicyclic amines) is 1. The van der Waals surface area contributed by atoms with Gasteiger partial charge < -0.3 is 16.0 Å². The summed E-state index contributed by atoms with van der Waals surface area (Å²) in [5, 5.41) is 3.28. The topological polar surface area (TPSA) is 70.7 Å². The number of rotatable bonds is 9. The van der Waals surface area contributed by atoms with Gasteiger partial charge in [-0.15, -0.1) is 24.0 Å². The van der Waals surface area contributed by atoms with Gasteiger partial charge in [-0.05, 0) is 36.8 Å². The Hall–Kier alpha value is -1.31. The van der Waals surface area contributed by atoms with Crippen LogP contribution in [0.25, 0.3) is 0 Å². The van der Waals surface area contributed by atoms with Crippen LogP contribution >= 0.6 is 24.0 Å². The molecule has 1 atom stereocenters. The summed E-state index contributed by atoms with van der Waals surface area (Å²) in [6.45, 7) is 8.77. The number of hydrogen-bond donors (Lipinski definition) is 2. The van der Waals surface area contributed by atoms with Crippen molar-refractivity contribution in [2.45, 2.75) is 72.0 Å². The molecule has 2 rings (SSSR count). The third-order valence-corrected chi connectivity index (χ3v) is 4.78. The van der Waals surface area contributed by atoms with Gasteiger partial charge in [-0.25, -0.2) is 4.99 Å². The van der Waals surface area contributed by atoms with E-state index in [-0.39, 0.29) is 29.9 Å². The monoisotopic (exact) mass is 486 g/mol. The number of nitrogens with two attached hydrogens (primary N) is 1. The van der Waals surface area contributed by atoms with Crippen molar-refractivity contribution in [2.75, 3.05) is 6.54 Å². The Morgan fingerprint density at radius 2 is 2.00 bits per heavy atom. The first kappa shape index (κ1) is 23.7. The Labute approximate surface area is 181 Å². The number of nitrogens with zero attached hydrogens (tertiary/aromatic N) is 2. The Balaban J connectivity index is 0.00000364. The molecule has 0 saturated carbocycles. The van der Waals surface area contributed by atoms with Crippen molar-refractivity contribution < 1.29 is 4.79 Å². The molecule has 1 unspecified atom stereocenters. The molecule has 27 heavy (non-hydrogen) atoms. The Morgan fingerprint density at radius 1 is 1.26 bits per heavy atom. The molecule has 1 amide bonds. The highest BCUT2D eigenvalue weighted by Crippen LogP contribution is 2.15. The number of aliphatic imine (C=N–C) groups is 1. The van der Waals surface area contributed by atoms with Crippen LogP contribution < -0.4 is 11.1 Å². The van der Waals surface area contributed by atoms with Crippen LogP contribution in [-0.2, 0) is 17.9 Å². The van der Waals surface area contributed by atoms with E-state index in [1.807, 2.05) is 11.0 Å². The Morgan fingerprint density at radius 3 is 2.67 bits per heavy atom. The number of halogens is 1. The van der Waals surface area contributed by atoms with Gasteiger partial charge in [-0.3, -0.25) is 4.79 Å². The second-order valence-electron chi connectivity index (χ2n) is 7.81. The number of carbonyl (C=O) groups is 1. The molecule has 1 aliphatic rings. The van der Waals surface area contributed by atoms with Gasteiger partial charge in [0, 0.05) is 25.6 Å². The van der Waals surface area contributed by atoms with Crippen molar-refractivity contribution in [1.29, 1.82) is 0 Å². The molecule has 3 N–H and O–H groups in total. The first-order valence-electron chi connectivity index (χ1n) is 9.86. The third kappa shape index (κ3) is 8.95. The first-order valence-corrected chi connectivity index (χ1v) is 9.86. The summed E-state index contributed by atoms with van der Waals surface area (Å²) in [7, 11) is 0. The molecule has 6 heteroatoms. The Bertz CT molecular complexity index is 618. The van der Waals surface area contributed by atoms with Crippen molar-refractivity contribution in [2.24, 2.45) is 16.6 Å². The molecule has 1 aromatic carbocycles. The lowest BCUT2D eigenvalue weighted by molar-refractivity contribution is -0.128. The van der Waals surface area contributed by atoms with E-state index in [0.29, 0.717) is 31.5 Å². The van der Waals surface area contributed by atoms with Gasteiger partial charge in [0.2, 0.25) is 5.91 Å². The van der Waals surface area contributed by atoms with Gasteiger partial charge >= 0.3 is 0 Å². The van der Waals surface area contributed by atoms with Crippen molar-refractivity contribution >= 4 is 35.8 Å². The first-order chi connectivity index (χ1) is 12.4. The highest BCUT2D eigenvalue weighted by molar-refractivity contribution is 14.0. The molecule has 1 saturated heterocycles. The molecular formula is C21H35IN4O. The van der Waals surface area contributed by atoms with Crippen LogP contribution in [-0.4, -0.2) is 29.4 Å². The van der Waals surface area contributed by atoms with Gasteiger partial charge in [0.15, 0.2) is 5.96 Å². The maximum Gasteiger partial charge on any atom is 0.222 e. The van der Waals surface area contributed by atoms with Crippen LogP contribution in [0.3, 0.4) is 0 Å². The summed E-state index contributed by atoms with van der Waals surface area (Å²) in [5.41, 5.74) is 8.30. The van der Waals surface area contributed by atoms with E-state index < -0.39 is 0 Å². The van der Waals surface area contributed by atoms with E-state index in [1.54, 1.807) is 0 Å². The molecule has 0 aliphatic carbocycles. The SMILES string of the molecule is CC(C)CCCC(C)NC(N)=NCc1cccc(CN2CCCC2=O)c1.I.